The molecule has 3 nitrogen and oxygen atoms in total. The molecule has 1 aliphatic rings. The highest BCUT2D eigenvalue weighted by Crippen LogP contribution is 2.21. The second-order valence-corrected chi connectivity index (χ2v) is 4.19. The SMILES string of the molecule is O=C1CCCC/C1=N\Nc1ccccc1Cl. The summed E-state index contributed by atoms with van der Waals surface area (Å²) in [4.78, 5) is 11.5. The normalized spacial score (nSPS) is 18.8. The Bertz CT molecular complexity index is 429. The Hall–Kier alpha value is -1.35. The van der Waals surface area contributed by atoms with Crippen molar-refractivity contribution in [2.75, 3.05) is 5.43 Å². The molecule has 1 N–H and O–H groups in total. The molecule has 1 fully saturated rings. The van der Waals surface area contributed by atoms with E-state index >= 15 is 0 Å². The molecule has 4 heteroatoms. The second-order valence-electron chi connectivity index (χ2n) is 3.78. The van der Waals surface area contributed by atoms with Gasteiger partial charge in [-0.05, 0) is 31.4 Å². The average Bonchev–Trinajstić information content (AvgIpc) is 2.30. The highest BCUT2D eigenvalue weighted by atomic mass is 35.5. The zero-order valence-electron chi connectivity index (χ0n) is 8.87. The lowest BCUT2D eigenvalue weighted by Crippen LogP contribution is -2.19. The quantitative estimate of drug-likeness (QED) is 0.801. The first-order chi connectivity index (χ1) is 7.77. The van der Waals surface area contributed by atoms with Crippen LogP contribution < -0.4 is 5.43 Å². The molecule has 1 aliphatic carbocycles. The molecule has 0 amide bonds. The number of benzene rings is 1. The van der Waals surface area contributed by atoms with Gasteiger partial charge in [-0.3, -0.25) is 10.2 Å². The number of hydrogen-bond donors (Lipinski definition) is 1. The van der Waals surface area contributed by atoms with Crippen molar-refractivity contribution in [2.45, 2.75) is 25.7 Å². The van der Waals surface area contributed by atoms with Crippen LogP contribution in [0.25, 0.3) is 0 Å². The van der Waals surface area contributed by atoms with Crippen molar-refractivity contribution in [2.24, 2.45) is 5.10 Å². The predicted molar refractivity (Wildman–Crippen MR) is 66.0 cm³/mol. The van der Waals surface area contributed by atoms with Crippen LogP contribution in [0.4, 0.5) is 5.69 Å². The van der Waals surface area contributed by atoms with Gasteiger partial charge < -0.3 is 0 Å². The lowest BCUT2D eigenvalue weighted by Gasteiger charge is -2.11. The zero-order chi connectivity index (χ0) is 11.4. The first kappa shape index (κ1) is 11.1. The molecule has 16 heavy (non-hydrogen) atoms. The van der Waals surface area contributed by atoms with Gasteiger partial charge in [0.25, 0.3) is 0 Å². The molecule has 0 aromatic heterocycles. The molecule has 0 unspecified atom stereocenters. The minimum Gasteiger partial charge on any atom is -0.293 e. The van der Waals surface area contributed by atoms with Gasteiger partial charge in [-0.2, -0.15) is 5.10 Å². The first-order valence-electron chi connectivity index (χ1n) is 5.37. The van der Waals surface area contributed by atoms with Crippen LogP contribution in [-0.2, 0) is 4.79 Å². The molecule has 1 aromatic carbocycles. The lowest BCUT2D eigenvalue weighted by atomic mass is 9.97. The fourth-order valence-electron chi connectivity index (χ4n) is 1.66. The minimum atomic E-state index is 0.144. The third kappa shape index (κ3) is 2.61. The van der Waals surface area contributed by atoms with E-state index in [0.717, 1.165) is 24.9 Å². The highest BCUT2D eigenvalue weighted by molar-refractivity contribution is 6.40. The van der Waals surface area contributed by atoms with E-state index in [4.69, 9.17) is 11.6 Å². The molecule has 1 aromatic rings. The molecule has 0 atom stereocenters. The predicted octanol–water partition coefficient (Wildman–Crippen LogP) is 3.25. The summed E-state index contributed by atoms with van der Waals surface area (Å²) in [5, 5.41) is 4.73. The third-order valence-electron chi connectivity index (χ3n) is 2.57. The number of hydrazone groups is 1. The number of para-hydroxylation sites is 1. The summed E-state index contributed by atoms with van der Waals surface area (Å²) in [6.45, 7) is 0. The highest BCUT2D eigenvalue weighted by Gasteiger charge is 2.16. The lowest BCUT2D eigenvalue weighted by molar-refractivity contribution is -0.113. The topological polar surface area (TPSA) is 41.5 Å². The van der Waals surface area contributed by atoms with Crippen LogP contribution in [0.5, 0.6) is 0 Å². The van der Waals surface area contributed by atoms with Gasteiger partial charge in [0.1, 0.15) is 5.71 Å². The Morgan fingerprint density at radius 3 is 2.69 bits per heavy atom. The number of carbonyl (C=O) groups excluding carboxylic acids is 1. The van der Waals surface area contributed by atoms with Crippen LogP contribution in [0.3, 0.4) is 0 Å². The summed E-state index contributed by atoms with van der Waals surface area (Å²) in [6, 6.07) is 7.34. The van der Waals surface area contributed by atoms with Crippen LogP contribution in [0.15, 0.2) is 29.4 Å². The molecular weight excluding hydrogens is 224 g/mol. The van der Waals surface area contributed by atoms with Crippen molar-refractivity contribution in [3.8, 4) is 0 Å². The van der Waals surface area contributed by atoms with Crippen LogP contribution in [0.2, 0.25) is 5.02 Å². The first-order valence-corrected chi connectivity index (χ1v) is 5.75. The van der Waals surface area contributed by atoms with Gasteiger partial charge in [-0.15, -0.1) is 0 Å². The number of halogens is 1. The van der Waals surface area contributed by atoms with E-state index < -0.39 is 0 Å². The van der Waals surface area contributed by atoms with Crippen LogP contribution >= 0.6 is 11.6 Å². The second kappa shape index (κ2) is 5.12. The summed E-state index contributed by atoms with van der Waals surface area (Å²) in [6.07, 6.45) is 3.39. The van der Waals surface area contributed by atoms with Gasteiger partial charge >= 0.3 is 0 Å². The Balaban J connectivity index is 2.08. The van der Waals surface area contributed by atoms with Gasteiger partial charge in [0.15, 0.2) is 5.78 Å². The molecule has 0 heterocycles. The van der Waals surface area contributed by atoms with E-state index in [-0.39, 0.29) is 5.78 Å². The molecule has 0 bridgehead atoms. The van der Waals surface area contributed by atoms with Crippen LogP contribution in [-0.4, -0.2) is 11.5 Å². The summed E-state index contributed by atoms with van der Waals surface area (Å²) in [7, 11) is 0. The molecule has 0 spiro atoms. The standard InChI is InChI=1S/C12H13ClN2O/c13-9-5-1-2-6-10(9)14-15-11-7-3-4-8-12(11)16/h1-2,5-6,14H,3-4,7-8H2/b15-11+. The number of anilines is 1. The van der Waals surface area contributed by atoms with Crippen molar-refractivity contribution < 1.29 is 4.79 Å². The summed E-state index contributed by atoms with van der Waals surface area (Å²) in [5.74, 6) is 0.144. The van der Waals surface area contributed by atoms with Crippen molar-refractivity contribution in [1.29, 1.82) is 0 Å². The number of hydrogen-bond acceptors (Lipinski definition) is 3. The number of rotatable bonds is 2. The number of nitrogens with one attached hydrogen (secondary N) is 1. The van der Waals surface area contributed by atoms with E-state index in [9.17, 15) is 4.79 Å². The summed E-state index contributed by atoms with van der Waals surface area (Å²) in [5.41, 5.74) is 4.21. The molecule has 2 rings (SSSR count). The Morgan fingerprint density at radius 2 is 1.94 bits per heavy atom. The van der Waals surface area contributed by atoms with Gasteiger partial charge in [-0.1, -0.05) is 23.7 Å². The third-order valence-corrected chi connectivity index (χ3v) is 2.90. The number of ketones is 1. The van der Waals surface area contributed by atoms with E-state index in [0.29, 0.717) is 17.2 Å². The van der Waals surface area contributed by atoms with Gasteiger partial charge in [0.2, 0.25) is 0 Å². The number of Topliss-reactive ketones (excluding diaryl/α,β-unsaturated/α-hetero) is 1. The molecule has 84 valence electrons. The molecule has 1 saturated carbocycles. The molecule has 0 saturated heterocycles. The van der Waals surface area contributed by atoms with Crippen molar-refractivity contribution in [3.05, 3.63) is 29.3 Å². The van der Waals surface area contributed by atoms with E-state index in [1.54, 1.807) is 6.07 Å². The fourth-order valence-corrected chi connectivity index (χ4v) is 1.84. The van der Waals surface area contributed by atoms with Crippen LogP contribution in [0.1, 0.15) is 25.7 Å². The number of nitrogens with zero attached hydrogens (tertiary/aromatic N) is 1. The van der Waals surface area contributed by atoms with Crippen LogP contribution in [0, 0.1) is 0 Å². The molecule has 0 aliphatic heterocycles. The van der Waals surface area contributed by atoms with E-state index in [2.05, 4.69) is 10.5 Å². The zero-order valence-corrected chi connectivity index (χ0v) is 9.63. The largest absolute Gasteiger partial charge is 0.293 e. The van der Waals surface area contributed by atoms with Gasteiger partial charge in [0.05, 0.1) is 10.7 Å². The smallest absolute Gasteiger partial charge is 0.178 e. The summed E-state index contributed by atoms with van der Waals surface area (Å²) >= 11 is 5.96. The van der Waals surface area contributed by atoms with E-state index in [1.807, 2.05) is 18.2 Å². The maximum absolute atomic E-state index is 11.5. The fraction of sp³-hybridized carbons (Fsp3) is 0.333. The average molecular weight is 237 g/mol. The minimum absolute atomic E-state index is 0.144. The molecule has 0 radical (unpaired) electrons. The maximum atomic E-state index is 11.5. The monoisotopic (exact) mass is 236 g/mol. The van der Waals surface area contributed by atoms with Gasteiger partial charge in [-0.25, -0.2) is 0 Å². The van der Waals surface area contributed by atoms with Crippen molar-refractivity contribution in [1.82, 2.24) is 0 Å². The van der Waals surface area contributed by atoms with Gasteiger partial charge in [0, 0.05) is 6.42 Å². The van der Waals surface area contributed by atoms with Crippen molar-refractivity contribution >= 4 is 28.8 Å². The number of carbonyl (C=O) groups is 1. The Morgan fingerprint density at radius 1 is 1.19 bits per heavy atom. The van der Waals surface area contributed by atoms with E-state index in [1.165, 1.54) is 0 Å². The Kier molecular flexibility index (Phi) is 3.57. The Labute approximate surface area is 99.5 Å². The maximum Gasteiger partial charge on any atom is 0.178 e. The summed E-state index contributed by atoms with van der Waals surface area (Å²) < 4.78 is 0. The molecular formula is C12H13ClN2O. The van der Waals surface area contributed by atoms with Crippen molar-refractivity contribution in [3.63, 3.8) is 0 Å².